The summed E-state index contributed by atoms with van der Waals surface area (Å²) in [5.74, 6) is -1.24. The zero-order chi connectivity index (χ0) is 24.3. The SMILES string of the molecule is CCCN=C1/C(=C(\N)CO)C(C2CC2)C(NC(=O)c2cccc(C(F)(F)F)c2)C(=O)N1CC. The van der Waals surface area contributed by atoms with Gasteiger partial charge in [-0.05, 0) is 50.3 Å². The normalized spacial score (nSPS) is 24.2. The summed E-state index contributed by atoms with van der Waals surface area (Å²) in [7, 11) is 0. The molecule has 1 saturated carbocycles. The monoisotopic (exact) mass is 466 g/mol. The third-order valence-corrected chi connectivity index (χ3v) is 5.91. The zero-order valence-electron chi connectivity index (χ0n) is 18.7. The molecule has 0 aromatic heterocycles. The minimum absolute atomic E-state index is 0.0479. The molecule has 1 aromatic carbocycles. The standard InChI is InChI=1S/C23H29F3N4O3/c1-3-10-28-20-18(16(27)12-31)17(13-8-9-13)19(22(33)30(20)4-2)29-21(32)14-6-5-7-15(11-14)23(24,25)26/h5-7,11,13,17,19,31H,3-4,8-10,12,27H2,1-2H3,(H,29,32)/b18-16-,28-20?. The van der Waals surface area contributed by atoms with E-state index in [0.717, 1.165) is 37.5 Å². The number of amidine groups is 1. The van der Waals surface area contributed by atoms with Gasteiger partial charge in [0.1, 0.15) is 11.9 Å². The van der Waals surface area contributed by atoms with Gasteiger partial charge in [0.25, 0.3) is 11.8 Å². The number of likely N-dealkylation sites (N-methyl/N-ethyl adjacent to an activating group) is 1. The number of hydrogen-bond acceptors (Lipinski definition) is 5. The van der Waals surface area contributed by atoms with Crippen LogP contribution in [0.5, 0.6) is 0 Å². The van der Waals surface area contributed by atoms with E-state index in [0.29, 0.717) is 18.0 Å². The van der Waals surface area contributed by atoms with Gasteiger partial charge < -0.3 is 16.2 Å². The highest BCUT2D eigenvalue weighted by Gasteiger charge is 2.50. The molecule has 1 saturated heterocycles. The highest BCUT2D eigenvalue weighted by Crippen LogP contribution is 2.46. The molecule has 4 N–H and O–H groups in total. The lowest BCUT2D eigenvalue weighted by Crippen LogP contribution is -2.60. The van der Waals surface area contributed by atoms with E-state index in [2.05, 4.69) is 10.3 Å². The summed E-state index contributed by atoms with van der Waals surface area (Å²) in [6.07, 6.45) is -2.24. The molecule has 2 amide bonds. The van der Waals surface area contributed by atoms with E-state index in [-0.39, 0.29) is 29.6 Å². The average Bonchev–Trinajstić information content (AvgIpc) is 3.62. The molecule has 2 aliphatic rings. The number of likely N-dealkylation sites (tertiary alicyclic amines) is 1. The highest BCUT2D eigenvalue weighted by atomic mass is 19.4. The predicted molar refractivity (Wildman–Crippen MR) is 117 cm³/mol. The summed E-state index contributed by atoms with van der Waals surface area (Å²) >= 11 is 0. The fraction of sp³-hybridized carbons (Fsp3) is 0.522. The van der Waals surface area contributed by atoms with Gasteiger partial charge in [0.05, 0.1) is 12.2 Å². The van der Waals surface area contributed by atoms with Crippen LogP contribution in [0.25, 0.3) is 0 Å². The molecular formula is C23H29F3N4O3. The Labute approximate surface area is 190 Å². The van der Waals surface area contributed by atoms with Crippen molar-refractivity contribution in [2.75, 3.05) is 19.7 Å². The fourth-order valence-corrected chi connectivity index (χ4v) is 4.20. The molecule has 10 heteroatoms. The van der Waals surface area contributed by atoms with Crippen LogP contribution < -0.4 is 11.1 Å². The summed E-state index contributed by atoms with van der Waals surface area (Å²) in [5.41, 5.74) is 5.74. The van der Waals surface area contributed by atoms with E-state index in [1.807, 2.05) is 6.92 Å². The Morgan fingerprint density at radius 3 is 2.55 bits per heavy atom. The van der Waals surface area contributed by atoms with E-state index in [9.17, 15) is 27.9 Å². The summed E-state index contributed by atoms with van der Waals surface area (Å²) in [6.45, 7) is 3.98. The molecule has 3 rings (SSSR count). The third-order valence-electron chi connectivity index (χ3n) is 5.91. The first kappa shape index (κ1) is 24.8. The minimum atomic E-state index is -4.59. The Morgan fingerprint density at radius 2 is 2.00 bits per heavy atom. The van der Waals surface area contributed by atoms with Gasteiger partial charge in [0.15, 0.2) is 0 Å². The van der Waals surface area contributed by atoms with Crippen LogP contribution in [-0.4, -0.2) is 53.4 Å². The number of aliphatic hydroxyl groups is 1. The average molecular weight is 467 g/mol. The van der Waals surface area contributed by atoms with Crippen molar-refractivity contribution in [3.63, 3.8) is 0 Å². The highest BCUT2D eigenvalue weighted by molar-refractivity contribution is 6.14. The lowest BCUT2D eigenvalue weighted by molar-refractivity contribution is -0.137. The van der Waals surface area contributed by atoms with Crippen LogP contribution in [0.2, 0.25) is 0 Å². The first-order valence-corrected chi connectivity index (χ1v) is 11.1. The van der Waals surface area contributed by atoms with Gasteiger partial charge in [0, 0.05) is 35.8 Å². The maximum Gasteiger partial charge on any atom is 0.416 e. The summed E-state index contributed by atoms with van der Waals surface area (Å²) in [6, 6.07) is 3.05. The Bertz CT molecular complexity index is 970. The summed E-state index contributed by atoms with van der Waals surface area (Å²) < 4.78 is 39.3. The van der Waals surface area contributed by atoms with Gasteiger partial charge in [-0.3, -0.25) is 19.5 Å². The van der Waals surface area contributed by atoms with E-state index in [1.165, 1.54) is 11.0 Å². The van der Waals surface area contributed by atoms with Gasteiger partial charge in [0.2, 0.25) is 0 Å². The van der Waals surface area contributed by atoms with Gasteiger partial charge in [-0.1, -0.05) is 13.0 Å². The second-order valence-corrected chi connectivity index (χ2v) is 8.28. The van der Waals surface area contributed by atoms with Crippen molar-refractivity contribution < 1.29 is 27.9 Å². The number of nitrogens with zero attached hydrogens (tertiary/aromatic N) is 2. The maximum atomic E-state index is 13.4. The Kier molecular flexibility index (Phi) is 7.46. The summed E-state index contributed by atoms with van der Waals surface area (Å²) in [5, 5.41) is 12.5. The number of aliphatic hydroxyl groups excluding tert-OH is 1. The molecule has 1 aliphatic carbocycles. The number of amides is 2. The number of aliphatic imine (C=N–C) groups is 1. The second-order valence-electron chi connectivity index (χ2n) is 8.28. The number of rotatable bonds is 7. The van der Waals surface area contributed by atoms with Crippen LogP contribution in [0.4, 0.5) is 13.2 Å². The van der Waals surface area contributed by atoms with Crippen molar-refractivity contribution >= 4 is 17.6 Å². The number of nitrogens with two attached hydrogens (primary N) is 1. The molecule has 2 atom stereocenters. The number of hydrogen-bond donors (Lipinski definition) is 3. The molecule has 2 fully saturated rings. The molecule has 1 aromatic rings. The number of halogens is 3. The Balaban J connectivity index is 2.02. The van der Waals surface area contributed by atoms with Crippen LogP contribution >= 0.6 is 0 Å². The van der Waals surface area contributed by atoms with Crippen LogP contribution in [0.1, 0.15) is 49.0 Å². The van der Waals surface area contributed by atoms with E-state index in [4.69, 9.17) is 5.73 Å². The number of piperidine rings is 1. The maximum absolute atomic E-state index is 13.4. The molecular weight excluding hydrogens is 437 g/mol. The van der Waals surface area contributed by atoms with Gasteiger partial charge >= 0.3 is 6.18 Å². The van der Waals surface area contributed by atoms with E-state index >= 15 is 0 Å². The molecule has 2 unspecified atom stereocenters. The molecule has 7 nitrogen and oxygen atoms in total. The van der Waals surface area contributed by atoms with Crippen LogP contribution in [0.15, 0.2) is 40.5 Å². The zero-order valence-corrected chi connectivity index (χ0v) is 18.7. The molecule has 1 heterocycles. The number of benzene rings is 1. The lowest BCUT2D eigenvalue weighted by atomic mass is 9.80. The number of nitrogens with one attached hydrogen (secondary N) is 1. The number of carbonyl (C=O) groups excluding carboxylic acids is 2. The largest absolute Gasteiger partial charge is 0.416 e. The van der Waals surface area contributed by atoms with Crippen molar-refractivity contribution in [1.82, 2.24) is 10.2 Å². The van der Waals surface area contributed by atoms with Crippen molar-refractivity contribution in [2.24, 2.45) is 22.6 Å². The molecule has 1 aliphatic heterocycles. The van der Waals surface area contributed by atoms with Crippen LogP contribution in [-0.2, 0) is 11.0 Å². The molecule has 33 heavy (non-hydrogen) atoms. The van der Waals surface area contributed by atoms with Crippen LogP contribution in [0.3, 0.4) is 0 Å². The quantitative estimate of drug-likeness (QED) is 0.574. The van der Waals surface area contributed by atoms with Gasteiger partial charge in [-0.2, -0.15) is 13.2 Å². The Morgan fingerprint density at radius 1 is 1.30 bits per heavy atom. The first-order valence-electron chi connectivity index (χ1n) is 11.1. The first-order chi connectivity index (χ1) is 15.6. The Hall–Kier alpha value is -2.88. The van der Waals surface area contributed by atoms with Crippen molar-refractivity contribution in [3.8, 4) is 0 Å². The summed E-state index contributed by atoms with van der Waals surface area (Å²) in [4.78, 5) is 32.4. The van der Waals surface area contributed by atoms with E-state index in [1.54, 1.807) is 6.92 Å². The van der Waals surface area contributed by atoms with Gasteiger partial charge in [-0.25, -0.2) is 0 Å². The van der Waals surface area contributed by atoms with Crippen molar-refractivity contribution in [1.29, 1.82) is 0 Å². The smallest absolute Gasteiger partial charge is 0.400 e. The molecule has 180 valence electrons. The lowest BCUT2D eigenvalue weighted by Gasteiger charge is -2.41. The topological polar surface area (TPSA) is 108 Å². The number of carbonyl (C=O) groups is 2. The minimum Gasteiger partial charge on any atom is -0.400 e. The van der Waals surface area contributed by atoms with Crippen molar-refractivity contribution in [2.45, 2.75) is 45.3 Å². The van der Waals surface area contributed by atoms with E-state index < -0.39 is 36.2 Å². The fourth-order valence-electron chi connectivity index (χ4n) is 4.20. The molecule has 0 spiro atoms. The second kappa shape index (κ2) is 9.94. The number of alkyl halides is 3. The predicted octanol–water partition coefficient (Wildman–Crippen LogP) is 2.71. The van der Waals surface area contributed by atoms with Crippen LogP contribution in [0, 0.1) is 11.8 Å². The molecule has 0 radical (unpaired) electrons. The van der Waals surface area contributed by atoms with Crippen molar-refractivity contribution in [3.05, 3.63) is 46.7 Å². The third kappa shape index (κ3) is 5.21. The van der Waals surface area contributed by atoms with Gasteiger partial charge in [-0.15, -0.1) is 0 Å². The molecule has 0 bridgehead atoms.